The summed E-state index contributed by atoms with van der Waals surface area (Å²) in [5.74, 6) is -1.43. The minimum absolute atomic E-state index is 0.0203. The highest BCUT2D eigenvalue weighted by Gasteiger charge is 2.24. The number of carbonyl (C=O) groups excluding carboxylic acids is 1. The maximum Gasteiger partial charge on any atom is 0.281 e. The van der Waals surface area contributed by atoms with E-state index in [9.17, 15) is 21.8 Å². The summed E-state index contributed by atoms with van der Waals surface area (Å²) in [4.78, 5) is 16.9. The van der Waals surface area contributed by atoms with Crippen molar-refractivity contribution in [2.24, 2.45) is 0 Å². The van der Waals surface area contributed by atoms with Crippen LogP contribution in [0.3, 0.4) is 0 Å². The molecule has 0 bridgehead atoms. The molecule has 0 aliphatic carbocycles. The Morgan fingerprint density at radius 3 is 2.42 bits per heavy atom. The van der Waals surface area contributed by atoms with Gasteiger partial charge < -0.3 is 5.32 Å². The molecule has 7 nitrogen and oxygen atoms in total. The van der Waals surface area contributed by atoms with Crippen LogP contribution in [0.1, 0.15) is 10.4 Å². The van der Waals surface area contributed by atoms with E-state index in [1.165, 1.54) is 49.8 Å². The fraction of sp³-hybridized carbons (Fsp3) is 0.100. The van der Waals surface area contributed by atoms with Crippen molar-refractivity contribution in [3.63, 3.8) is 0 Å². The van der Waals surface area contributed by atoms with E-state index >= 15 is 0 Å². The molecule has 0 aliphatic heterocycles. The van der Waals surface area contributed by atoms with Crippen LogP contribution in [0.5, 0.6) is 0 Å². The highest BCUT2D eigenvalue weighted by Crippen LogP contribution is 2.23. The van der Waals surface area contributed by atoms with Crippen LogP contribution in [0.25, 0.3) is 0 Å². The van der Waals surface area contributed by atoms with Gasteiger partial charge in [0.2, 0.25) is 0 Å². The number of nitrogens with zero attached hydrogens (tertiary/aromatic N) is 2. The van der Waals surface area contributed by atoms with Gasteiger partial charge in [-0.05, 0) is 54.6 Å². The number of rotatable bonds is 6. The van der Waals surface area contributed by atoms with Crippen molar-refractivity contribution in [2.45, 2.75) is 9.92 Å². The molecule has 0 radical (unpaired) electrons. The van der Waals surface area contributed by atoms with Gasteiger partial charge >= 0.3 is 0 Å². The van der Waals surface area contributed by atoms with Crippen LogP contribution in [0.15, 0.2) is 70.7 Å². The predicted octanol–water partition coefficient (Wildman–Crippen LogP) is 3.69. The smallest absolute Gasteiger partial charge is 0.281 e. The molecule has 1 N–H and O–H groups in total. The van der Waals surface area contributed by atoms with Crippen molar-refractivity contribution in [3.8, 4) is 0 Å². The van der Waals surface area contributed by atoms with Crippen molar-refractivity contribution in [1.29, 1.82) is 0 Å². The van der Waals surface area contributed by atoms with Gasteiger partial charge in [-0.2, -0.15) is 8.42 Å². The normalized spacial score (nSPS) is 12.3. The average molecular weight is 482 g/mol. The van der Waals surface area contributed by atoms with E-state index in [1.54, 1.807) is 12.1 Å². The van der Waals surface area contributed by atoms with Gasteiger partial charge in [0.15, 0.2) is 5.03 Å². The van der Waals surface area contributed by atoms with Crippen LogP contribution >= 0.6 is 11.6 Å². The largest absolute Gasteiger partial charge is 0.319 e. The molecule has 0 saturated carbocycles. The Balaban J connectivity index is 1.86. The molecule has 1 amide bonds. The van der Waals surface area contributed by atoms with Gasteiger partial charge in [-0.3, -0.25) is 13.3 Å². The van der Waals surface area contributed by atoms with Crippen LogP contribution < -0.4 is 9.62 Å². The maximum atomic E-state index is 13.9. The molecule has 0 fully saturated rings. The number of hydrogen-bond acceptors (Lipinski definition) is 5. The summed E-state index contributed by atoms with van der Waals surface area (Å²) in [5.41, 5.74) is 0.211. The molecule has 3 rings (SSSR count). The Labute approximate surface area is 186 Å². The molecule has 1 heterocycles. The molecule has 162 valence electrons. The van der Waals surface area contributed by atoms with E-state index in [2.05, 4.69) is 10.3 Å². The third-order valence-electron chi connectivity index (χ3n) is 4.33. The highest BCUT2D eigenvalue weighted by atomic mass is 35.5. The van der Waals surface area contributed by atoms with Crippen LogP contribution in [0.2, 0.25) is 5.02 Å². The number of halogens is 2. The Kier molecular flexibility index (Phi) is 6.73. The first-order valence-corrected chi connectivity index (χ1v) is 12.1. The summed E-state index contributed by atoms with van der Waals surface area (Å²) >= 11 is 5.70. The Hall–Kier alpha value is -2.82. The summed E-state index contributed by atoms with van der Waals surface area (Å²) < 4.78 is 52.4. The first kappa shape index (κ1) is 22.9. The number of pyridine rings is 1. The minimum atomic E-state index is -4.09. The standard InChI is InChI=1S/C20H17ClFN3O4S2/c1-25(15-4-6-16(7-5-15)30(2)27)31(28,29)19-11-13(9-10-23-19)20(26)24-18-8-3-14(21)12-17(18)22/h3-12H,1-2H3,(H,24,26). The number of nitrogens with one attached hydrogen (secondary N) is 1. The van der Waals surface area contributed by atoms with Gasteiger partial charge in [-0.25, -0.2) is 9.37 Å². The quantitative estimate of drug-likeness (QED) is 0.579. The third-order valence-corrected chi connectivity index (χ3v) is 7.19. The second-order valence-corrected chi connectivity index (χ2v) is 10.1. The fourth-order valence-corrected chi connectivity index (χ4v) is 4.43. The monoisotopic (exact) mass is 481 g/mol. The topological polar surface area (TPSA) is 96.4 Å². The lowest BCUT2D eigenvalue weighted by Crippen LogP contribution is -2.27. The number of aromatic nitrogens is 1. The van der Waals surface area contributed by atoms with Crippen molar-refractivity contribution in [2.75, 3.05) is 22.9 Å². The summed E-state index contributed by atoms with van der Waals surface area (Å²) in [5, 5.41) is 2.19. The Morgan fingerprint density at radius 1 is 1.13 bits per heavy atom. The molecule has 1 unspecified atom stereocenters. The highest BCUT2D eigenvalue weighted by molar-refractivity contribution is 7.92. The van der Waals surface area contributed by atoms with Gasteiger partial charge in [0.1, 0.15) is 5.82 Å². The Bertz CT molecular complexity index is 1270. The van der Waals surface area contributed by atoms with Crippen molar-refractivity contribution < 1.29 is 21.8 Å². The van der Waals surface area contributed by atoms with E-state index in [0.717, 1.165) is 16.4 Å². The molecular weight excluding hydrogens is 465 g/mol. The van der Waals surface area contributed by atoms with Crippen molar-refractivity contribution >= 4 is 49.7 Å². The van der Waals surface area contributed by atoms with E-state index in [4.69, 9.17) is 11.6 Å². The summed E-state index contributed by atoms with van der Waals surface area (Å²) in [6.45, 7) is 0. The van der Waals surface area contributed by atoms with Gasteiger partial charge in [-0.1, -0.05) is 11.6 Å². The molecule has 1 aromatic heterocycles. The second kappa shape index (κ2) is 9.13. The van der Waals surface area contributed by atoms with Crippen LogP contribution in [0, 0.1) is 5.82 Å². The van der Waals surface area contributed by atoms with Gasteiger partial charge in [0, 0.05) is 45.8 Å². The van der Waals surface area contributed by atoms with Gasteiger partial charge in [0.05, 0.1) is 11.4 Å². The molecule has 3 aromatic rings. The zero-order valence-corrected chi connectivity index (χ0v) is 18.8. The number of benzene rings is 2. The molecule has 2 aromatic carbocycles. The predicted molar refractivity (Wildman–Crippen MR) is 118 cm³/mol. The number of carbonyl (C=O) groups is 1. The molecule has 11 heteroatoms. The first-order chi connectivity index (χ1) is 14.6. The summed E-state index contributed by atoms with van der Waals surface area (Å²) in [6, 6.07) is 12.4. The fourth-order valence-electron chi connectivity index (χ4n) is 2.60. The maximum absolute atomic E-state index is 13.9. The lowest BCUT2D eigenvalue weighted by atomic mass is 10.2. The van der Waals surface area contributed by atoms with Crippen molar-refractivity contribution in [3.05, 3.63) is 77.2 Å². The van der Waals surface area contributed by atoms with Crippen molar-refractivity contribution in [1.82, 2.24) is 4.98 Å². The number of amides is 1. The van der Waals surface area contributed by atoms with E-state index in [0.29, 0.717) is 10.6 Å². The lowest BCUT2D eigenvalue weighted by Gasteiger charge is -2.19. The molecule has 0 aliphatic rings. The summed E-state index contributed by atoms with van der Waals surface area (Å²) in [7, 11) is -3.95. The lowest BCUT2D eigenvalue weighted by molar-refractivity contribution is 0.102. The number of anilines is 2. The molecule has 0 spiro atoms. The molecular formula is C20H17ClFN3O4S2. The zero-order valence-electron chi connectivity index (χ0n) is 16.4. The van der Waals surface area contributed by atoms with Crippen LogP contribution in [-0.4, -0.2) is 36.8 Å². The van der Waals surface area contributed by atoms with Gasteiger partial charge in [0.25, 0.3) is 15.9 Å². The average Bonchev–Trinajstić information content (AvgIpc) is 2.75. The molecule has 1 atom stereocenters. The number of sulfonamides is 1. The third kappa shape index (κ3) is 5.09. The minimum Gasteiger partial charge on any atom is -0.319 e. The second-order valence-electron chi connectivity index (χ2n) is 6.38. The Morgan fingerprint density at radius 2 is 1.81 bits per heavy atom. The first-order valence-electron chi connectivity index (χ1n) is 8.74. The number of hydrogen-bond donors (Lipinski definition) is 1. The van der Waals surface area contributed by atoms with E-state index < -0.39 is 32.5 Å². The van der Waals surface area contributed by atoms with Gasteiger partial charge in [-0.15, -0.1) is 0 Å². The van der Waals surface area contributed by atoms with Crippen LogP contribution in [0.4, 0.5) is 15.8 Å². The van der Waals surface area contributed by atoms with Crippen LogP contribution in [-0.2, 0) is 20.8 Å². The molecule has 0 saturated heterocycles. The molecule has 31 heavy (non-hydrogen) atoms. The zero-order chi connectivity index (χ0) is 22.8. The SMILES string of the molecule is CN(c1ccc(S(C)=O)cc1)S(=O)(=O)c1cc(C(=O)Nc2ccc(Cl)cc2F)ccn1. The van der Waals surface area contributed by atoms with E-state index in [-0.39, 0.29) is 21.3 Å². The van der Waals surface area contributed by atoms with E-state index in [1.807, 2.05) is 0 Å². The summed E-state index contributed by atoms with van der Waals surface area (Å²) in [6.07, 6.45) is 2.70.